The fourth-order valence-electron chi connectivity index (χ4n) is 2.76. The summed E-state index contributed by atoms with van der Waals surface area (Å²) >= 11 is 1.07. The number of aromatic nitrogens is 2. The van der Waals surface area contributed by atoms with Crippen molar-refractivity contribution in [2.24, 2.45) is 5.14 Å². The first-order chi connectivity index (χ1) is 15.7. The van der Waals surface area contributed by atoms with Crippen molar-refractivity contribution >= 4 is 33.4 Å². The molecule has 1 atom stereocenters. The molecule has 0 saturated carbocycles. The lowest BCUT2D eigenvalue weighted by Gasteiger charge is -2.12. The number of nitrogens with two attached hydrogens (primary N) is 1. The van der Waals surface area contributed by atoms with Crippen LogP contribution in [0.2, 0.25) is 0 Å². The van der Waals surface area contributed by atoms with Crippen molar-refractivity contribution < 1.29 is 31.8 Å². The van der Waals surface area contributed by atoms with E-state index < -0.39 is 15.3 Å². The summed E-state index contributed by atoms with van der Waals surface area (Å²) < 4.78 is 44.3. The Bertz CT molecular complexity index is 1220. The monoisotopic (exact) mass is 494 g/mol. The number of amides is 1. The van der Waals surface area contributed by atoms with Crippen molar-refractivity contribution in [2.75, 3.05) is 26.6 Å². The van der Waals surface area contributed by atoms with Gasteiger partial charge in [0.25, 0.3) is 5.22 Å². The Morgan fingerprint density at radius 1 is 1.06 bits per heavy atom. The molecule has 1 unspecified atom stereocenters. The van der Waals surface area contributed by atoms with Crippen LogP contribution in [0.25, 0.3) is 11.5 Å². The van der Waals surface area contributed by atoms with Crippen molar-refractivity contribution in [1.29, 1.82) is 0 Å². The predicted octanol–water partition coefficient (Wildman–Crippen LogP) is 2.53. The van der Waals surface area contributed by atoms with Crippen molar-refractivity contribution in [3.63, 3.8) is 0 Å². The molecule has 2 aromatic carbocycles. The lowest BCUT2D eigenvalue weighted by Crippen LogP contribution is -2.22. The lowest BCUT2D eigenvalue weighted by atomic mass is 10.2. The van der Waals surface area contributed by atoms with Crippen LogP contribution < -0.4 is 24.7 Å². The van der Waals surface area contributed by atoms with E-state index in [1.165, 1.54) is 45.6 Å². The molecule has 3 N–H and O–H groups in total. The van der Waals surface area contributed by atoms with Crippen LogP contribution in [-0.4, -0.2) is 51.1 Å². The number of thioether (sulfide) groups is 1. The van der Waals surface area contributed by atoms with Crippen LogP contribution in [0.5, 0.6) is 17.2 Å². The number of benzene rings is 2. The Labute approximate surface area is 194 Å². The fraction of sp³-hybridized carbons (Fsp3) is 0.250. The summed E-state index contributed by atoms with van der Waals surface area (Å²) in [6.45, 7) is 1.67. The van der Waals surface area contributed by atoms with Crippen molar-refractivity contribution in [3.8, 4) is 28.7 Å². The number of carbonyl (C=O) groups excluding carboxylic acids is 1. The molecule has 13 heteroatoms. The van der Waals surface area contributed by atoms with E-state index in [-0.39, 0.29) is 21.9 Å². The molecule has 0 aliphatic rings. The molecule has 0 fully saturated rings. The van der Waals surface area contributed by atoms with Gasteiger partial charge >= 0.3 is 0 Å². The second-order valence-electron chi connectivity index (χ2n) is 6.61. The normalized spacial score (nSPS) is 12.2. The molecule has 3 rings (SSSR count). The molecule has 0 bridgehead atoms. The number of nitrogens with one attached hydrogen (secondary N) is 1. The zero-order chi connectivity index (χ0) is 24.2. The van der Waals surface area contributed by atoms with Gasteiger partial charge in [-0.05, 0) is 43.3 Å². The third kappa shape index (κ3) is 5.74. The number of nitrogens with zero attached hydrogens (tertiary/aromatic N) is 2. The van der Waals surface area contributed by atoms with Gasteiger partial charge in [-0.15, -0.1) is 10.2 Å². The van der Waals surface area contributed by atoms with E-state index in [0.29, 0.717) is 28.5 Å². The number of methoxy groups -OCH3 is 3. The molecule has 0 spiro atoms. The van der Waals surface area contributed by atoms with Gasteiger partial charge in [-0.3, -0.25) is 4.79 Å². The molecule has 176 valence electrons. The summed E-state index contributed by atoms with van der Waals surface area (Å²) in [4.78, 5) is 12.5. The molecule has 1 aromatic heterocycles. The topological polar surface area (TPSA) is 156 Å². The van der Waals surface area contributed by atoms with Gasteiger partial charge in [-0.1, -0.05) is 11.8 Å². The molecule has 0 aliphatic heterocycles. The zero-order valence-corrected chi connectivity index (χ0v) is 19.8. The maximum Gasteiger partial charge on any atom is 0.277 e. The average Bonchev–Trinajstić information content (AvgIpc) is 3.26. The van der Waals surface area contributed by atoms with E-state index in [4.69, 9.17) is 23.8 Å². The standard InChI is InChI=1S/C20H22N4O7S2/c1-11(18(25)22-13-5-7-14(8-6-13)33(21,26)27)32-20-24-23-19(31-20)12-9-15(28-2)17(30-4)16(10-12)29-3/h5-11H,1-4H3,(H,22,25)(H2,21,26,27). The first-order valence-corrected chi connectivity index (χ1v) is 11.8. The third-order valence-corrected chi connectivity index (χ3v) is 6.28. The van der Waals surface area contributed by atoms with Crippen LogP contribution in [0.4, 0.5) is 5.69 Å². The number of sulfonamides is 1. The summed E-state index contributed by atoms with van der Waals surface area (Å²) in [6.07, 6.45) is 0. The van der Waals surface area contributed by atoms with Crippen molar-refractivity contribution in [2.45, 2.75) is 22.3 Å². The minimum Gasteiger partial charge on any atom is -0.493 e. The van der Waals surface area contributed by atoms with E-state index in [0.717, 1.165) is 11.8 Å². The maximum absolute atomic E-state index is 12.5. The molecule has 33 heavy (non-hydrogen) atoms. The van der Waals surface area contributed by atoms with E-state index in [1.54, 1.807) is 19.1 Å². The Morgan fingerprint density at radius 2 is 1.67 bits per heavy atom. The second kappa shape index (κ2) is 10.1. The third-order valence-electron chi connectivity index (χ3n) is 4.42. The van der Waals surface area contributed by atoms with Gasteiger partial charge in [0.2, 0.25) is 27.6 Å². The molecule has 0 saturated heterocycles. The highest BCUT2D eigenvalue weighted by Gasteiger charge is 2.21. The maximum atomic E-state index is 12.5. The Morgan fingerprint density at radius 3 is 2.18 bits per heavy atom. The summed E-state index contributed by atoms with van der Waals surface area (Å²) in [7, 11) is 0.694. The summed E-state index contributed by atoms with van der Waals surface area (Å²) in [5, 5.41) is 15.4. The number of hydrogen-bond donors (Lipinski definition) is 2. The van der Waals surface area contributed by atoms with Crippen molar-refractivity contribution in [3.05, 3.63) is 36.4 Å². The smallest absolute Gasteiger partial charge is 0.277 e. The van der Waals surface area contributed by atoms with Gasteiger partial charge < -0.3 is 23.9 Å². The molecule has 1 heterocycles. The van der Waals surface area contributed by atoms with Gasteiger partial charge in [0.15, 0.2) is 11.5 Å². The highest BCUT2D eigenvalue weighted by Crippen LogP contribution is 2.41. The number of hydrogen-bond acceptors (Lipinski definition) is 10. The van der Waals surface area contributed by atoms with Gasteiger partial charge in [0, 0.05) is 11.3 Å². The number of primary sulfonamides is 1. The quantitative estimate of drug-likeness (QED) is 0.424. The minimum atomic E-state index is -3.81. The van der Waals surface area contributed by atoms with Crippen LogP contribution in [0.15, 0.2) is 50.9 Å². The van der Waals surface area contributed by atoms with Crippen LogP contribution in [0, 0.1) is 0 Å². The van der Waals surface area contributed by atoms with E-state index in [2.05, 4.69) is 15.5 Å². The highest BCUT2D eigenvalue weighted by molar-refractivity contribution is 8.00. The molecule has 1 amide bonds. The summed E-state index contributed by atoms with van der Waals surface area (Å²) in [5.74, 6) is 1.17. The van der Waals surface area contributed by atoms with Gasteiger partial charge in [0.05, 0.1) is 31.5 Å². The van der Waals surface area contributed by atoms with E-state index in [9.17, 15) is 13.2 Å². The van der Waals surface area contributed by atoms with Crippen LogP contribution in [-0.2, 0) is 14.8 Å². The molecular formula is C20H22N4O7S2. The lowest BCUT2D eigenvalue weighted by molar-refractivity contribution is -0.115. The first kappa shape index (κ1) is 24.4. The van der Waals surface area contributed by atoms with Crippen LogP contribution in [0.3, 0.4) is 0 Å². The van der Waals surface area contributed by atoms with Crippen LogP contribution >= 0.6 is 11.8 Å². The highest BCUT2D eigenvalue weighted by atomic mass is 32.2. The molecule has 3 aromatic rings. The van der Waals surface area contributed by atoms with E-state index in [1.807, 2.05) is 0 Å². The largest absolute Gasteiger partial charge is 0.493 e. The first-order valence-electron chi connectivity index (χ1n) is 9.40. The Kier molecular flexibility index (Phi) is 7.46. The van der Waals surface area contributed by atoms with E-state index >= 15 is 0 Å². The Balaban J connectivity index is 1.70. The fourth-order valence-corrected chi connectivity index (χ4v) is 3.95. The average molecular weight is 495 g/mol. The second-order valence-corrected chi connectivity index (χ2v) is 9.46. The summed E-state index contributed by atoms with van der Waals surface area (Å²) in [5.41, 5.74) is 0.972. The number of rotatable bonds is 9. The minimum absolute atomic E-state index is 0.0481. The Hall–Kier alpha value is -3.29. The van der Waals surface area contributed by atoms with Gasteiger partial charge in [-0.2, -0.15) is 0 Å². The molecular weight excluding hydrogens is 472 g/mol. The molecule has 0 aliphatic carbocycles. The van der Waals surface area contributed by atoms with Gasteiger partial charge in [0.1, 0.15) is 0 Å². The van der Waals surface area contributed by atoms with Gasteiger partial charge in [-0.25, -0.2) is 13.6 Å². The number of anilines is 1. The molecule has 11 nitrogen and oxygen atoms in total. The molecule has 0 radical (unpaired) electrons. The zero-order valence-electron chi connectivity index (χ0n) is 18.2. The predicted molar refractivity (Wildman–Crippen MR) is 121 cm³/mol. The summed E-state index contributed by atoms with van der Waals surface area (Å²) in [6, 6.07) is 8.86. The SMILES string of the molecule is COc1cc(-c2nnc(SC(C)C(=O)Nc3ccc(S(N)(=O)=O)cc3)o2)cc(OC)c1OC. The number of ether oxygens (including phenoxy) is 3. The number of carbonyl (C=O) groups is 1. The van der Waals surface area contributed by atoms with Crippen LogP contribution in [0.1, 0.15) is 6.92 Å². The van der Waals surface area contributed by atoms with Crippen molar-refractivity contribution in [1.82, 2.24) is 10.2 Å².